The molecule has 1 aliphatic carbocycles. The summed E-state index contributed by atoms with van der Waals surface area (Å²) in [7, 11) is 0. The lowest BCUT2D eigenvalue weighted by Crippen LogP contribution is -2.25. The molecule has 108 valence electrons. The number of para-hydroxylation sites is 2. The van der Waals surface area contributed by atoms with Crippen LogP contribution in [-0.2, 0) is 12.8 Å². The Labute approximate surface area is 122 Å². The zero-order valence-corrected chi connectivity index (χ0v) is 11.5. The Hall–Kier alpha value is -2.34. The van der Waals surface area contributed by atoms with Crippen molar-refractivity contribution in [3.8, 4) is 11.5 Å². The van der Waals surface area contributed by atoms with Crippen LogP contribution < -0.4 is 20.7 Å². The summed E-state index contributed by atoms with van der Waals surface area (Å²) in [5, 5.41) is 0. The van der Waals surface area contributed by atoms with Crippen molar-refractivity contribution in [2.45, 2.75) is 25.4 Å². The average molecular weight is 284 g/mol. The first-order valence-electron chi connectivity index (χ1n) is 7.10. The number of hydrogen-bond acceptors (Lipinski definition) is 6. The number of nitrogens with two attached hydrogens (primary N) is 1. The smallest absolute Gasteiger partial charge is 0.192 e. The second kappa shape index (κ2) is 4.89. The molecule has 2 heterocycles. The van der Waals surface area contributed by atoms with Crippen molar-refractivity contribution >= 4 is 5.82 Å². The maximum atomic E-state index is 5.96. The zero-order chi connectivity index (χ0) is 14.2. The van der Waals surface area contributed by atoms with Crippen LogP contribution >= 0.6 is 0 Å². The molecule has 0 saturated heterocycles. The maximum Gasteiger partial charge on any atom is 0.192 e. The van der Waals surface area contributed by atoms with Crippen molar-refractivity contribution in [2.24, 2.45) is 5.84 Å². The van der Waals surface area contributed by atoms with E-state index in [4.69, 9.17) is 15.3 Å². The molecule has 0 saturated carbocycles. The number of aromatic nitrogens is 2. The average Bonchev–Trinajstić information content (AvgIpc) is 3.02. The van der Waals surface area contributed by atoms with Crippen molar-refractivity contribution in [2.75, 3.05) is 12.0 Å². The van der Waals surface area contributed by atoms with Gasteiger partial charge in [0.05, 0.1) is 0 Å². The number of benzene rings is 1. The fourth-order valence-corrected chi connectivity index (χ4v) is 2.86. The second-order valence-corrected chi connectivity index (χ2v) is 5.22. The number of rotatable bonds is 2. The van der Waals surface area contributed by atoms with Crippen LogP contribution in [0.3, 0.4) is 0 Å². The number of nitrogen functional groups attached to an aromatic ring is 1. The summed E-state index contributed by atoms with van der Waals surface area (Å²) < 4.78 is 11.7. The predicted molar refractivity (Wildman–Crippen MR) is 77.2 cm³/mol. The summed E-state index contributed by atoms with van der Waals surface area (Å²) in [6.07, 6.45) is 2.72. The number of nitrogens with one attached hydrogen (secondary N) is 1. The van der Waals surface area contributed by atoms with Crippen LogP contribution in [0.2, 0.25) is 0 Å². The summed E-state index contributed by atoms with van der Waals surface area (Å²) >= 11 is 0. The number of nitrogens with zero attached hydrogens (tertiary/aromatic N) is 2. The van der Waals surface area contributed by atoms with E-state index < -0.39 is 0 Å². The quantitative estimate of drug-likeness (QED) is 0.646. The van der Waals surface area contributed by atoms with Crippen molar-refractivity contribution in [1.29, 1.82) is 0 Å². The Kier molecular flexibility index (Phi) is 2.89. The van der Waals surface area contributed by atoms with Crippen LogP contribution in [0.25, 0.3) is 0 Å². The third kappa shape index (κ3) is 2.08. The summed E-state index contributed by atoms with van der Waals surface area (Å²) in [5.74, 6) is 8.39. The Bertz CT molecular complexity index is 689. The summed E-state index contributed by atoms with van der Waals surface area (Å²) in [4.78, 5) is 9.15. The molecular weight excluding hydrogens is 268 g/mol. The maximum absolute atomic E-state index is 5.96. The lowest BCUT2D eigenvalue weighted by atomic mass is 10.2. The molecule has 0 spiro atoms. The molecule has 1 unspecified atom stereocenters. The van der Waals surface area contributed by atoms with Gasteiger partial charge in [0.1, 0.15) is 12.4 Å². The van der Waals surface area contributed by atoms with E-state index in [0.29, 0.717) is 18.2 Å². The third-order valence-electron chi connectivity index (χ3n) is 3.88. The first-order valence-corrected chi connectivity index (χ1v) is 7.10. The van der Waals surface area contributed by atoms with E-state index in [9.17, 15) is 0 Å². The molecule has 0 radical (unpaired) electrons. The van der Waals surface area contributed by atoms with E-state index >= 15 is 0 Å². The lowest BCUT2D eigenvalue weighted by Gasteiger charge is -2.26. The minimum Gasteiger partial charge on any atom is -0.485 e. The van der Waals surface area contributed by atoms with Gasteiger partial charge >= 0.3 is 0 Å². The van der Waals surface area contributed by atoms with E-state index in [1.807, 2.05) is 24.3 Å². The van der Waals surface area contributed by atoms with Crippen LogP contribution in [0.15, 0.2) is 24.3 Å². The predicted octanol–water partition coefficient (Wildman–Crippen LogP) is 1.76. The van der Waals surface area contributed by atoms with Crippen molar-refractivity contribution < 1.29 is 9.47 Å². The van der Waals surface area contributed by atoms with E-state index in [1.54, 1.807) is 0 Å². The van der Waals surface area contributed by atoms with Gasteiger partial charge in [0.15, 0.2) is 23.4 Å². The fourth-order valence-electron chi connectivity index (χ4n) is 2.86. The molecule has 21 heavy (non-hydrogen) atoms. The van der Waals surface area contributed by atoms with E-state index in [0.717, 1.165) is 42.0 Å². The standard InChI is InChI=1S/C15H16N4O2/c16-19-14-9-4-3-5-10(9)17-15(18-14)13-8-20-11-6-1-2-7-12(11)21-13/h1-2,6-7,13H,3-5,8,16H2,(H,17,18,19). The van der Waals surface area contributed by atoms with Gasteiger partial charge in [0.25, 0.3) is 0 Å². The van der Waals surface area contributed by atoms with E-state index in [-0.39, 0.29) is 6.10 Å². The number of fused-ring (bicyclic) bond motifs is 2. The summed E-state index contributed by atoms with van der Waals surface area (Å²) in [6, 6.07) is 7.62. The normalized spacial score (nSPS) is 19.2. The molecule has 4 rings (SSSR count). The van der Waals surface area contributed by atoms with Gasteiger partial charge in [-0.2, -0.15) is 0 Å². The molecule has 1 atom stereocenters. The number of hydrazine groups is 1. The molecule has 0 bridgehead atoms. The molecular formula is C15H16N4O2. The molecule has 1 aromatic carbocycles. The Morgan fingerprint density at radius 2 is 2.00 bits per heavy atom. The molecule has 6 heteroatoms. The van der Waals surface area contributed by atoms with Crippen LogP contribution in [0.4, 0.5) is 5.82 Å². The molecule has 6 nitrogen and oxygen atoms in total. The molecule has 2 aliphatic rings. The molecule has 3 N–H and O–H groups in total. The molecule has 0 amide bonds. The highest BCUT2D eigenvalue weighted by atomic mass is 16.6. The van der Waals surface area contributed by atoms with Crippen LogP contribution in [0.5, 0.6) is 11.5 Å². The van der Waals surface area contributed by atoms with Gasteiger partial charge in [-0.15, -0.1) is 0 Å². The van der Waals surface area contributed by atoms with Gasteiger partial charge < -0.3 is 14.9 Å². The summed E-state index contributed by atoms with van der Waals surface area (Å²) in [5.41, 5.74) is 4.87. The first-order chi connectivity index (χ1) is 10.3. The molecule has 1 aromatic heterocycles. The van der Waals surface area contributed by atoms with Gasteiger partial charge in [0.2, 0.25) is 0 Å². The molecule has 0 fully saturated rings. The summed E-state index contributed by atoms with van der Waals surface area (Å²) in [6.45, 7) is 0.403. The SMILES string of the molecule is NNc1nc(C2COc3ccccc3O2)nc2c1CCC2. The fraction of sp³-hybridized carbons (Fsp3) is 0.333. The number of anilines is 1. The van der Waals surface area contributed by atoms with E-state index in [2.05, 4.69) is 15.4 Å². The Morgan fingerprint density at radius 3 is 2.86 bits per heavy atom. The minimum atomic E-state index is -0.307. The van der Waals surface area contributed by atoms with Gasteiger partial charge in [0, 0.05) is 11.3 Å². The van der Waals surface area contributed by atoms with Crippen LogP contribution in [-0.4, -0.2) is 16.6 Å². The highest BCUT2D eigenvalue weighted by Crippen LogP contribution is 2.36. The van der Waals surface area contributed by atoms with E-state index in [1.165, 1.54) is 0 Å². The monoisotopic (exact) mass is 284 g/mol. The highest BCUT2D eigenvalue weighted by molar-refractivity contribution is 5.48. The molecule has 2 aromatic rings. The first kappa shape index (κ1) is 12.4. The largest absolute Gasteiger partial charge is 0.485 e. The second-order valence-electron chi connectivity index (χ2n) is 5.22. The van der Waals surface area contributed by atoms with Crippen molar-refractivity contribution in [1.82, 2.24) is 9.97 Å². The lowest BCUT2D eigenvalue weighted by molar-refractivity contribution is 0.0850. The topological polar surface area (TPSA) is 82.3 Å². The highest BCUT2D eigenvalue weighted by Gasteiger charge is 2.28. The molecule has 1 aliphatic heterocycles. The van der Waals surface area contributed by atoms with Gasteiger partial charge in [-0.25, -0.2) is 15.8 Å². The Morgan fingerprint density at radius 1 is 1.14 bits per heavy atom. The zero-order valence-electron chi connectivity index (χ0n) is 11.5. The number of aryl methyl sites for hydroxylation is 1. The van der Waals surface area contributed by atoms with Crippen molar-refractivity contribution in [3.05, 3.63) is 41.3 Å². The van der Waals surface area contributed by atoms with Crippen molar-refractivity contribution in [3.63, 3.8) is 0 Å². The Balaban J connectivity index is 1.69. The number of hydrogen-bond donors (Lipinski definition) is 2. The van der Waals surface area contributed by atoms with Crippen LogP contribution in [0.1, 0.15) is 29.6 Å². The van der Waals surface area contributed by atoms with Crippen LogP contribution in [0, 0.1) is 0 Å². The van der Waals surface area contributed by atoms with Gasteiger partial charge in [-0.1, -0.05) is 12.1 Å². The minimum absolute atomic E-state index is 0.307. The third-order valence-corrected chi connectivity index (χ3v) is 3.88. The van der Waals surface area contributed by atoms with Gasteiger partial charge in [-0.05, 0) is 31.4 Å². The van der Waals surface area contributed by atoms with Gasteiger partial charge in [-0.3, -0.25) is 0 Å². The number of ether oxygens (including phenoxy) is 2.